The normalized spacial score (nSPS) is 23.8. The second kappa shape index (κ2) is 5.67. The Bertz CT molecular complexity index is 334. The van der Waals surface area contributed by atoms with Gasteiger partial charge in [0.2, 0.25) is 0 Å². The van der Waals surface area contributed by atoms with E-state index in [0.29, 0.717) is 5.02 Å². The standard InChI is InChI=1S/C13H18ClNO/c14-11-6-4-5-10(9-11)13(16)12-7-2-1-3-8-15-12/h4-6,9,12-13,15-16H,1-3,7-8H2. The van der Waals surface area contributed by atoms with Crippen molar-refractivity contribution in [3.8, 4) is 0 Å². The second-order valence-electron chi connectivity index (χ2n) is 4.41. The Morgan fingerprint density at radius 2 is 2.19 bits per heavy atom. The smallest absolute Gasteiger partial charge is 0.0943 e. The minimum absolute atomic E-state index is 0.168. The molecule has 0 saturated carbocycles. The Morgan fingerprint density at radius 3 is 3.00 bits per heavy atom. The maximum absolute atomic E-state index is 10.3. The van der Waals surface area contributed by atoms with Crippen LogP contribution in [0.15, 0.2) is 24.3 Å². The van der Waals surface area contributed by atoms with Gasteiger partial charge in [-0.3, -0.25) is 0 Å². The van der Waals surface area contributed by atoms with E-state index in [1.54, 1.807) is 0 Å². The van der Waals surface area contributed by atoms with Crippen LogP contribution in [0.4, 0.5) is 0 Å². The number of hydrogen-bond donors (Lipinski definition) is 2. The van der Waals surface area contributed by atoms with Crippen molar-refractivity contribution in [1.82, 2.24) is 5.32 Å². The molecule has 0 aliphatic carbocycles. The summed E-state index contributed by atoms with van der Waals surface area (Å²) in [6.45, 7) is 1.00. The van der Waals surface area contributed by atoms with Crippen LogP contribution in [0.2, 0.25) is 5.02 Å². The molecule has 1 heterocycles. The van der Waals surface area contributed by atoms with Crippen molar-refractivity contribution in [3.05, 3.63) is 34.9 Å². The third-order valence-corrected chi connectivity index (χ3v) is 3.40. The van der Waals surface area contributed by atoms with Gasteiger partial charge >= 0.3 is 0 Å². The second-order valence-corrected chi connectivity index (χ2v) is 4.85. The average molecular weight is 240 g/mol. The molecule has 16 heavy (non-hydrogen) atoms. The molecule has 1 saturated heterocycles. The first-order valence-electron chi connectivity index (χ1n) is 5.94. The highest BCUT2D eigenvalue weighted by Crippen LogP contribution is 2.24. The molecule has 0 bridgehead atoms. The lowest BCUT2D eigenvalue weighted by atomic mass is 9.99. The summed E-state index contributed by atoms with van der Waals surface area (Å²) in [4.78, 5) is 0. The van der Waals surface area contributed by atoms with E-state index in [0.717, 1.165) is 18.5 Å². The van der Waals surface area contributed by atoms with Crippen LogP contribution < -0.4 is 5.32 Å². The molecular formula is C13H18ClNO. The monoisotopic (exact) mass is 239 g/mol. The summed E-state index contributed by atoms with van der Waals surface area (Å²) in [5, 5.41) is 14.4. The van der Waals surface area contributed by atoms with Gasteiger partial charge in [-0.2, -0.15) is 0 Å². The fraction of sp³-hybridized carbons (Fsp3) is 0.538. The Kier molecular flexibility index (Phi) is 4.22. The van der Waals surface area contributed by atoms with Crippen molar-refractivity contribution in [3.63, 3.8) is 0 Å². The number of rotatable bonds is 2. The summed E-state index contributed by atoms with van der Waals surface area (Å²) in [5.74, 6) is 0. The van der Waals surface area contributed by atoms with Crippen LogP contribution >= 0.6 is 11.6 Å². The maximum atomic E-state index is 10.3. The zero-order valence-electron chi connectivity index (χ0n) is 9.32. The zero-order chi connectivity index (χ0) is 11.4. The van der Waals surface area contributed by atoms with E-state index in [2.05, 4.69) is 5.32 Å². The fourth-order valence-corrected chi connectivity index (χ4v) is 2.45. The van der Waals surface area contributed by atoms with Crippen LogP contribution in [0.1, 0.15) is 37.4 Å². The minimum atomic E-state index is -0.447. The number of aliphatic hydroxyl groups excluding tert-OH is 1. The van der Waals surface area contributed by atoms with E-state index < -0.39 is 6.10 Å². The van der Waals surface area contributed by atoms with E-state index in [1.807, 2.05) is 24.3 Å². The van der Waals surface area contributed by atoms with E-state index in [-0.39, 0.29) is 6.04 Å². The summed E-state index contributed by atoms with van der Waals surface area (Å²) < 4.78 is 0. The number of nitrogens with one attached hydrogen (secondary N) is 1. The molecule has 1 fully saturated rings. The van der Waals surface area contributed by atoms with Gasteiger partial charge < -0.3 is 10.4 Å². The van der Waals surface area contributed by atoms with Crippen molar-refractivity contribution >= 4 is 11.6 Å². The third-order valence-electron chi connectivity index (χ3n) is 3.17. The lowest BCUT2D eigenvalue weighted by molar-refractivity contribution is 0.126. The molecular weight excluding hydrogens is 222 g/mol. The molecule has 1 aliphatic heterocycles. The quantitative estimate of drug-likeness (QED) is 0.832. The number of aliphatic hydroxyl groups is 1. The molecule has 1 aromatic rings. The van der Waals surface area contributed by atoms with E-state index in [1.165, 1.54) is 19.3 Å². The molecule has 1 aromatic carbocycles. The van der Waals surface area contributed by atoms with Crippen LogP contribution in [0, 0.1) is 0 Å². The summed E-state index contributed by atoms with van der Waals surface area (Å²) in [6.07, 6.45) is 4.24. The third kappa shape index (κ3) is 2.97. The molecule has 0 amide bonds. The highest BCUT2D eigenvalue weighted by molar-refractivity contribution is 6.30. The SMILES string of the molecule is OC(c1cccc(Cl)c1)C1CCCCCN1. The molecule has 2 N–H and O–H groups in total. The van der Waals surface area contributed by atoms with Crippen molar-refractivity contribution < 1.29 is 5.11 Å². The van der Waals surface area contributed by atoms with Crippen LogP contribution in [0.3, 0.4) is 0 Å². The molecule has 2 nitrogen and oxygen atoms in total. The predicted octanol–water partition coefficient (Wildman–Crippen LogP) is 2.91. The van der Waals surface area contributed by atoms with Crippen LogP contribution in [0.25, 0.3) is 0 Å². The molecule has 0 spiro atoms. The largest absolute Gasteiger partial charge is 0.387 e. The zero-order valence-corrected chi connectivity index (χ0v) is 10.1. The first-order valence-corrected chi connectivity index (χ1v) is 6.32. The Morgan fingerprint density at radius 1 is 1.31 bits per heavy atom. The van der Waals surface area contributed by atoms with Crippen LogP contribution in [-0.4, -0.2) is 17.7 Å². The Labute approximate surface area is 102 Å². The molecule has 2 unspecified atom stereocenters. The minimum Gasteiger partial charge on any atom is -0.387 e. The van der Waals surface area contributed by atoms with Crippen molar-refractivity contribution in [2.45, 2.75) is 37.8 Å². The molecule has 0 radical (unpaired) electrons. The predicted molar refractivity (Wildman–Crippen MR) is 66.7 cm³/mol. The Balaban J connectivity index is 2.07. The maximum Gasteiger partial charge on any atom is 0.0943 e. The van der Waals surface area contributed by atoms with Crippen LogP contribution in [0.5, 0.6) is 0 Å². The summed E-state index contributed by atoms with van der Waals surface area (Å²) in [7, 11) is 0. The van der Waals surface area contributed by atoms with Gasteiger partial charge in [-0.15, -0.1) is 0 Å². The number of benzene rings is 1. The molecule has 1 aliphatic rings. The highest BCUT2D eigenvalue weighted by Gasteiger charge is 2.21. The summed E-state index contributed by atoms with van der Waals surface area (Å²) in [6, 6.07) is 7.67. The molecule has 88 valence electrons. The van der Waals surface area contributed by atoms with Gasteiger partial charge in [-0.1, -0.05) is 36.6 Å². The van der Waals surface area contributed by atoms with Gasteiger partial charge in [0.05, 0.1) is 6.10 Å². The van der Waals surface area contributed by atoms with Gasteiger partial charge in [0, 0.05) is 11.1 Å². The summed E-state index contributed by atoms with van der Waals surface area (Å²) >= 11 is 5.93. The van der Waals surface area contributed by atoms with Gasteiger partial charge in [0.15, 0.2) is 0 Å². The molecule has 2 rings (SSSR count). The number of halogens is 1. The Hall–Kier alpha value is -0.570. The average Bonchev–Trinajstić information content (AvgIpc) is 2.56. The molecule has 3 heteroatoms. The van der Waals surface area contributed by atoms with Gasteiger partial charge in [-0.05, 0) is 37.1 Å². The van der Waals surface area contributed by atoms with Gasteiger partial charge in [0.1, 0.15) is 0 Å². The number of hydrogen-bond acceptors (Lipinski definition) is 2. The van der Waals surface area contributed by atoms with E-state index in [9.17, 15) is 5.11 Å². The van der Waals surface area contributed by atoms with E-state index in [4.69, 9.17) is 11.6 Å². The fourth-order valence-electron chi connectivity index (χ4n) is 2.25. The first kappa shape index (κ1) is 11.9. The summed E-state index contributed by atoms with van der Waals surface area (Å²) in [5.41, 5.74) is 0.909. The van der Waals surface area contributed by atoms with Crippen molar-refractivity contribution in [2.75, 3.05) is 6.54 Å². The van der Waals surface area contributed by atoms with Crippen molar-refractivity contribution in [1.29, 1.82) is 0 Å². The van der Waals surface area contributed by atoms with Crippen LogP contribution in [-0.2, 0) is 0 Å². The lowest BCUT2D eigenvalue weighted by Gasteiger charge is -2.22. The van der Waals surface area contributed by atoms with Gasteiger partial charge in [-0.25, -0.2) is 0 Å². The topological polar surface area (TPSA) is 32.3 Å². The van der Waals surface area contributed by atoms with Crippen molar-refractivity contribution in [2.24, 2.45) is 0 Å². The van der Waals surface area contributed by atoms with Gasteiger partial charge in [0.25, 0.3) is 0 Å². The van der Waals surface area contributed by atoms with E-state index >= 15 is 0 Å². The lowest BCUT2D eigenvalue weighted by Crippen LogP contribution is -2.34. The molecule has 0 aromatic heterocycles. The first-order chi connectivity index (χ1) is 7.77. The molecule has 2 atom stereocenters. The highest BCUT2D eigenvalue weighted by atomic mass is 35.5.